The van der Waals surface area contributed by atoms with E-state index in [1.165, 1.54) is 0 Å². The number of nitrogens with one attached hydrogen (secondary N) is 2. The number of hydrogen-bond acceptors (Lipinski definition) is 4. The largest absolute Gasteiger partial charge is 0.454 e. The van der Waals surface area contributed by atoms with Crippen molar-refractivity contribution in [3.63, 3.8) is 0 Å². The molecule has 6 nitrogen and oxygen atoms in total. The van der Waals surface area contributed by atoms with Crippen LogP contribution in [0.25, 0.3) is 11.3 Å². The SMILES string of the molecule is Cc1[nH]nc(-c2ccc3c(c2)OCO3)c1NC(=O)C1CCC1. The minimum Gasteiger partial charge on any atom is -0.454 e. The van der Waals surface area contributed by atoms with Gasteiger partial charge in [0.05, 0.1) is 11.4 Å². The van der Waals surface area contributed by atoms with Gasteiger partial charge in [0.2, 0.25) is 12.7 Å². The van der Waals surface area contributed by atoms with Crippen LogP contribution in [0.4, 0.5) is 5.69 Å². The van der Waals surface area contributed by atoms with Crippen LogP contribution >= 0.6 is 0 Å². The van der Waals surface area contributed by atoms with Crippen molar-refractivity contribution in [2.24, 2.45) is 5.92 Å². The van der Waals surface area contributed by atoms with Crippen molar-refractivity contribution in [2.75, 3.05) is 12.1 Å². The lowest BCUT2D eigenvalue weighted by Crippen LogP contribution is -2.28. The summed E-state index contributed by atoms with van der Waals surface area (Å²) in [6.45, 7) is 2.14. The van der Waals surface area contributed by atoms with E-state index in [1.54, 1.807) is 0 Å². The van der Waals surface area contributed by atoms with Crippen molar-refractivity contribution in [1.29, 1.82) is 0 Å². The molecular formula is C16H17N3O3. The molecule has 114 valence electrons. The minimum absolute atomic E-state index is 0.0812. The first-order valence-corrected chi connectivity index (χ1v) is 7.48. The number of H-pyrrole nitrogens is 1. The number of carbonyl (C=O) groups excluding carboxylic acids is 1. The molecule has 1 aromatic carbocycles. The number of anilines is 1. The molecule has 2 N–H and O–H groups in total. The van der Waals surface area contributed by atoms with Gasteiger partial charge in [-0.3, -0.25) is 9.89 Å². The summed E-state index contributed by atoms with van der Waals surface area (Å²) in [4.78, 5) is 12.2. The summed E-state index contributed by atoms with van der Waals surface area (Å²) in [5.74, 6) is 1.65. The number of ether oxygens (including phenoxy) is 2. The van der Waals surface area contributed by atoms with Crippen LogP contribution in [0.15, 0.2) is 18.2 Å². The molecule has 0 bridgehead atoms. The van der Waals surface area contributed by atoms with Gasteiger partial charge in [-0.05, 0) is 38.0 Å². The summed E-state index contributed by atoms with van der Waals surface area (Å²) in [6, 6.07) is 5.66. The zero-order chi connectivity index (χ0) is 15.1. The Labute approximate surface area is 127 Å². The average molecular weight is 299 g/mol. The fourth-order valence-electron chi connectivity index (χ4n) is 2.73. The van der Waals surface area contributed by atoms with Crippen LogP contribution < -0.4 is 14.8 Å². The van der Waals surface area contributed by atoms with Gasteiger partial charge in [-0.25, -0.2) is 0 Å². The van der Waals surface area contributed by atoms with E-state index in [2.05, 4.69) is 15.5 Å². The summed E-state index contributed by atoms with van der Waals surface area (Å²) >= 11 is 0. The predicted octanol–water partition coefficient (Wildman–Crippen LogP) is 2.85. The van der Waals surface area contributed by atoms with Crippen LogP contribution in [0.3, 0.4) is 0 Å². The molecule has 1 amide bonds. The van der Waals surface area contributed by atoms with Crippen LogP contribution in [0.1, 0.15) is 25.0 Å². The maximum absolute atomic E-state index is 12.2. The van der Waals surface area contributed by atoms with Crippen molar-refractivity contribution >= 4 is 11.6 Å². The Morgan fingerprint density at radius 1 is 1.32 bits per heavy atom. The zero-order valence-electron chi connectivity index (χ0n) is 12.3. The minimum atomic E-state index is 0.0812. The van der Waals surface area contributed by atoms with Crippen LogP contribution in [-0.4, -0.2) is 22.9 Å². The number of benzene rings is 1. The first-order valence-electron chi connectivity index (χ1n) is 7.48. The zero-order valence-corrected chi connectivity index (χ0v) is 12.3. The number of rotatable bonds is 3. The molecule has 22 heavy (non-hydrogen) atoms. The van der Waals surface area contributed by atoms with Crippen molar-refractivity contribution in [3.8, 4) is 22.8 Å². The normalized spacial score (nSPS) is 16.4. The maximum atomic E-state index is 12.2. The van der Waals surface area contributed by atoms with Gasteiger partial charge >= 0.3 is 0 Å². The molecule has 1 fully saturated rings. The first kappa shape index (κ1) is 13.2. The molecule has 4 rings (SSSR count). The third-order valence-corrected chi connectivity index (χ3v) is 4.32. The van der Waals surface area contributed by atoms with Crippen LogP contribution in [0, 0.1) is 12.8 Å². The summed E-state index contributed by atoms with van der Waals surface area (Å²) < 4.78 is 10.7. The molecule has 6 heteroatoms. The number of aromatic amines is 1. The van der Waals surface area contributed by atoms with E-state index in [0.717, 1.165) is 47.7 Å². The van der Waals surface area contributed by atoms with Crippen molar-refractivity contribution < 1.29 is 14.3 Å². The summed E-state index contributed by atoms with van der Waals surface area (Å²) in [5, 5.41) is 10.3. The molecule has 1 saturated carbocycles. The summed E-state index contributed by atoms with van der Waals surface area (Å²) in [7, 11) is 0. The van der Waals surface area contributed by atoms with Gasteiger partial charge in [0.1, 0.15) is 5.69 Å². The molecular weight excluding hydrogens is 282 g/mol. The number of aryl methyl sites for hydroxylation is 1. The highest BCUT2D eigenvalue weighted by Crippen LogP contribution is 2.38. The first-order chi connectivity index (χ1) is 10.7. The second-order valence-electron chi connectivity index (χ2n) is 5.76. The quantitative estimate of drug-likeness (QED) is 0.913. The molecule has 2 heterocycles. The average Bonchev–Trinajstić information content (AvgIpc) is 3.04. The molecule has 0 unspecified atom stereocenters. The predicted molar refractivity (Wildman–Crippen MR) is 80.9 cm³/mol. The van der Waals surface area contributed by atoms with Crippen LogP contribution in [0.2, 0.25) is 0 Å². The molecule has 0 saturated heterocycles. The Kier molecular flexibility index (Phi) is 3.03. The van der Waals surface area contributed by atoms with E-state index in [1.807, 2.05) is 25.1 Å². The van der Waals surface area contributed by atoms with E-state index in [9.17, 15) is 4.79 Å². The summed E-state index contributed by atoms with van der Waals surface area (Å²) in [6.07, 6.45) is 3.08. The molecule has 0 spiro atoms. The Morgan fingerprint density at radius 3 is 2.91 bits per heavy atom. The smallest absolute Gasteiger partial charge is 0.231 e. The highest BCUT2D eigenvalue weighted by Gasteiger charge is 2.27. The van der Waals surface area contributed by atoms with Crippen molar-refractivity contribution in [2.45, 2.75) is 26.2 Å². The lowest BCUT2D eigenvalue weighted by molar-refractivity contribution is -0.122. The third-order valence-electron chi connectivity index (χ3n) is 4.32. The van der Waals surface area contributed by atoms with Crippen LogP contribution in [-0.2, 0) is 4.79 Å². The second kappa shape index (κ2) is 5.05. The van der Waals surface area contributed by atoms with Gasteiger partial charge in [-0.1, -0.05) is 6.42 Å². The Balaban J connectivity index is 1.66. The van der Waals surface area contributed by atoms with Crippen molar-refractivity contribution in [1.82, 2.24) is 10.2 Å². The lowest BCUT2D eigenvalue weighted by atomic mass is 9.85. The van der Waals surface area contributed by atoms with Gasteiger partial charge < -0.3 is 14.8 Å². The molecule has 0 radical (unpaired) electrons. The van der Waals surface area contributed by atoms with Gasteiger partial charge in [-0.15, -0.1) is 0 Å². The number of nitrogens with zero attached hydrogens (tertiary/aromatic N) is 1. The molecule has 0 atom stereocenters. The number of amides is 1. The number of fused-ring (bicyclic) bond motifs is 1. The number of aromatic nitrogens is 2. The molecule has 1 aliphatic carbocycles. The van der Waals surface area contributed by atoms with E-state index in [4.69, 9.17) is 9.47 Å². The van der Waals surface area contributed by atoms with Gasteiger partial charge in [0, 0.05) is 11.5 Å². The van der Waals surface area contributed by atoms with E-state index < -0.39 is 0 Å². The standard InChI is InChI=1S/C16H17N3O3/c1-9-14(17-16(20)10-3-2-4-10)15(19-18-9)11-5-6-12-13(7-11)22-8-21-12/h5-7,10H,2-4,8H2,1H3,(H,17,20)(H,18,19). The Hall–Kier alpha value is -2.50. The van der Waals surface area contributed by atoms with E-state index in [0.29, 0.717) is 5.75 Å². The number of carbonyl (C=O) groups is 1. The van der Waals surface area contributed by atoms with Crippen LogP contribution in [0.5, 0.6) is 11.5 Å². The Morgan fingerprint density at radius 2 is 2.14 bits per heavy atom. The monoisotopic (exact) mass is 299 g/mol. The van der Waals surface area contributed by atoms with Gasteiger partial charge in [0.25, 0.3) is 0 Å². The molecule has 2 aliphatic rings. The third kappa shape index (κ3) is 2.11. The maximum Gasteiger partial charge on any atom is 0.231 e. The lowest BCUT2D eigenvalue weighted by Gasteiger charge is -2.24. The fourth-order valence-corrected chi connectivity index (χ4v) is 2.73. The molecule has 1 aromatic heterocycles. The van der Waals surface area contributed by atoms with Gasteiger partial charge in [-0.2, -0.15) is 5.10 Å². The highest BCUT2D eigenvalue weighted by atomic mass is 16.7. The molecule has 2 aromatic rings. The van der Waals surface area contributed by atoms with E-state index in [-0.39, 0.29) is 18.6 Å². The molecule has 1 aliphatic heterocycles. The van der Waals surface area contributed by atoms with Crippen molar-refractivity contribution in [3.05, 3.63) is 23.9 Å². The number of hydrogen-bond donors (Lipinski definition) is 2. The van der Waals surface area contributed by atoms with E-state index >= 15 is 0 Å². The topological polar surface area (TPSA) is 76.2 Å². The Bertz CT molecular complexity index is 734. The fraction of sp³-hybridized carbons (Fsp3) is 0.375. The second-order valence-corrected chi connectivity index (χ2v) is 5.76. The highest BCUT2D eigenvalue weighted by molar-refractivity contribution is 5.97. The van der Waals surface area contributed by atoms with Gasteiger partial charge in [0.15, 0.2) is 11.5 Å². The summed E-state index contributed by atoms with van der Waals surface area (Å²) in [5.41, 5.74) is 3.21.